The number of nitrogens with two attached hydrogens (primary N) is 1. The molecule has 1 aliphatic rings. The largest absolute Gasteiger partial charge is 0.354 e. The molecule has 0 saturated carbocycles. The Kier molecular flexibility index (Phi) is 4.96. The van der Waals surface area contributed by atoms with Gasteiger partial charge in [-0.25, -0.2) is 0 Å². The SMILES string of the molecule is CCC(N)C(c1ccccc1Br)N1CCNC(=O)C1. The van der Waals surface area contributed by atoms with Gasteiger partial charge in [-0.3, -0.25) is 9.69 Å². The summed E-state index contributed by atoms with van der Waals surface area (Å²) < 4.78 is 1.05. The first-order valence-corrected chi connectivity index (χ1v) is 7.43. The van der Waals surface area contributed by atoms with Crippen molar-refractivity contribution in [2.24, 2.45) is 5.73 Å². The van der Waals surface area contributed by atoms with Crippen LogP contribution >= 0.6 is 15.9 Å². The van der Waals surface area contributed by atoms with Gasteiger partial charge < -0.3 is 11.1 Å². The van der Waals surface area contributed by atoms with E-state index in [1.807, 2.05) is 18.2 Å². The van der Waals surface area contributed by atoms with Gasteiger partial charge in [0, 0.05) is 23.6 Å². The van der Waals surface area contributed by atoms with Gasteiger partial charge >= 0.3 is 0 Å². The van der Waals surface area contributed by atoms with Crippen molar-refractivity contribution in [2.45, 2.75) is 25.4 Å². The predicted octanol–water partition coefficient (Wildman–Crippen LogP) is 1.66. The molecule has 0 aromatic heterocycles. The average Bonchev–Trinajstić information content (AvgIpc) is 2.41. The topological polar surface area (TPSA) is 58.4 Å². The Bertz CT molecular complexity index is 452. The van der Waals surface area contributed by atoms with E-state index in [1.54, 1.807) is 0 Å². The first-order chi connectivity index (χ1) is 9.13. The van der Waals surface area contributed by atoms with Crippen molar-refractivity contribution in [2.75, 3.05) is 19.6 Å². The number of benzene rings is 1. The molecule has 19 heavy (non-hydrogen) atoms. The Labute approximate surface area is 122 Å². The van der Waals surface area contributed by atoms with Crippen LogP contribution in [0, 0.1) is 0 Å². The van der Waals surface area contributed by atoms with Crippen LogP contribution in [0.2, 0.25) is 0 Å². The molecule has 2 rings (SSSR count). The highest BCUT2D eigenvalue weighted by molar-refractivity contribution is 9.10. The van der Waals surface area contributed by atoms with Gasteiger partial charge in [-0.05, 0) is 18.1 Å². The zero-order valence-corrected chi connectivity index (χ0v) is 12.7. The maximum absolute atomic E-state index is 11.6. The monoisotopic (exact) mass is 325 g/mol. The van der Waals surface area contributed by atoms with Crippen molar-refractivity contribution < 1.29 is 4.79 Å². The standard InChI is InChI=1S/C14H20BrN3O/c1-2-12(16)14(10-5-3-4-6-11(10)15)18-8-7-17-13(19)9-18/h3-6,12,14H,2,7-9,16H2,1H3,(H,17,19). The molecule has 1 aromatic rings. The number of rotatable bonds is 4. The van der Waals surface area contributed by atoms with Crippen LogP contribution in [0.25, 0.3) is 0 Å². The van der Waals surface area contributed by atoms with Crippen LogP contribution in [0.4, 0.5) is 0 Å². The Balaban J connectivity index is 2.30. The van der Waals surface area contributed by atoms with Crippen LogP contribution < -0.4 is 11.1 Å². The van der Waals surface area contributed by atoms with Crippen LogP contribution in [0.15, 0.2) is 28.7 Å². The number of hydrogen-bond donors (Lipinski definition) is 2. The van der Waals surface area contributed by atoms with Crippen LogP contribution in [0.1, 0.15) is 24.9 Å². The van der Waals surface area contributed by atoms with Gasteiger partial charge in [0.05, 0.1) is 12.6 Å². The maximum Gasteiger partial charge on any atom is 0.234 e. The van der Waals surface area contributed by atoms with E-state index in [-0.39, 0.29) is 18.0 Å². The molecule has 1 aromatic carbocycles. The third-order valence-corrected chi connectivity index (χ3v) is 4.28. The van der Waals surface area contributed by atoms with Gasteiger partial charge in [0.1, 0.15) is 0 Å². The molecule has 0 spiro atoms. The van der Waals surface area contributed by atoms with Crippen LogP contribution in [-0.2, 0) is 4.79 Å². The van der Waals surface area contributed by atoms with Gasteiger partial charge in [-0.15, -0.1) is 0 Å². The molecule has 1 aliphatic heterocycles. The summed E-state index contributed by atoms with van der Waals surface area (Å²) in [6.45, 7) is 4.03. The van der Waals surface area contributed by atoms with Crippen molar-refractivity contribution in [3.05, 3.63) is 34.3 Å². The number of halogens is 1. The van der Waals surface area contributed by atoms with Gasteiger partial charge in [-0.1, -0.05) is 41.1 Å². The maximum atomic E-state index is 11.6. The fourth-order valence-electron chi connectivity index (χ4n) is 2.53. The minimum atomic E-state index is 0.0181. The minimum Gasteiger partial charge on any atom is -0.354 e. The second kappa shape index (κ2) is 6.50. The van der Waals surface area contributed by atoms with Crippen LogP contribution in [-0.4, -0.2) is 36.5 Å². The Morgan fingerprint density at radius 2 is 2.21 bits per heavy atom. The summed E-state index contributed by atoms with van der Waals surface area (Å²) in [7, 11) is 0. The van der Waals surface area contributed by atoms with E-state index >= 15 is 0 Å². The fraction of sp³-hybridized carbons (Fsp3) is 0.500. The molecule has 1 saturated heterocycles. The molecule has 0 aliphatic carbocycles. The summed E-state index contributed by atoms with van der Waals surface area (Å²) in [5.74, 6) is 0.0756. The molecule has 0 bridgehead atoms. The molecular formula is C14H20BrN3O. The van der Waals surface area contributed by atoms with E-state index in [2.05, 4.69) is 39.1 Å². The van der Waals surface area contributed by atoms with Gasteiger partial charge in [0.25, 0.3) is 0 Å². The minimum absolute atomic E-state index is 0.0181. The second-order valence-electron chi connectivity index (χ2n) is 4.86. The molecule has 2 unspecified atom stereocenters. The molecule has 104 valence electrons. The van der Waals surface area contributed by atoms with E-state index in [9.17, 15) is 4.79 Å². The zero-order valence-electron chi connectivity index (χ0n) is 11.1. The number of piperazine rings is 1. The highest BCUT2D eigenvalue weighted by atomic mass is 79.9. The van der Waals surface area contributed by atoms with Crippen molar-refractivity contribution in [3.63, 3.8) is 0 Å². The molecule has 3 N–H and O–H groups in total. The average molecular weight is 326 g/mol. The third kappa shape index (κ3) is 3.35. The highest BCUT2D eigenvalue weighted by Crippen LogP contribution is 2.31. The molecule has 1 amide bonds. The number of carbonyl (C=O) groups is 1. The number of amides is 1. The van der Waals surface area contributed by atoms with E-state index in [0.29, 0.717) is 13.1 Å². The summed E-state index contributed by atoms with van der Waals surface area (Å²) in [5, 5.41) is 2.86. The molecule has 0 radical (unpaired) electrons. The molecule has 1 heterocycles. The lowest BCUT2D eigenvalue weighted by Crippen LogP contribution is -2.52. The van der Waals surface area contributed by atoms with Crippen molar-refractivity contribution in [1.29, 1.82) is 0 Å². The lowest BCUT2D eigenvalue weighted by molar-refractivity contribution is -0.125. The van der Waals surface area contributed by atoms with Crippen LogP contribution in [0.3, 0.4) is 0 Å². The quantitative estimate of drug-likeness (QED) is 0.885. The van der Waals surface area contributed by atoms with Crippen molar-refractivity contribution in [1.82, 2.24) is 10.2 Å². The zero-order chi connectivity index (χ0) is 13.8. The molecule has 4 nitrogen and oxygen atoms in total. The Hall–Kier alpha value is -0.910. The number of hydrogen-bond acceptors (Lipinski definition) is 3. The van der Waals surface area contributed by atoms with E-state index < -0.39 is 0 Å². The van der Waals surface area contributed by atoms with Crippen LogP contribution in [0.5, 0.6) is 0 Å². The number of nitrogens with zero attached hydrogens (tertiary/aromatic N) is 1. The fourth-order valence-corrected chi connectivity index (χ4v) is 3.05. The normalized spacial score (nSPS) is 19.8. The first-order valence-electron chi connectivity index (χ1n) is 6.64. The third-order valence-electron chi connectivity index (χ3n) is 3.56. The van der Waals surface area contributed by atoms with Gasteiger partial charge in [-0.2, -0.15) is 0 Å². The first kappa shape index (κ1) is 14.5. The predicted molar refractivity (Wildman–Crippen MR) is 79.7 cm³/mol. The Morgan fingerprint density at radius 3 is 2.84 bits per heavy atom. The summed E-state index contributed by atoms with van der Waals surface area (Å²) in [5.41, 5.74) is 7.46. The van der Waals surface area contributed by atoms with E-state index in [0.717, 1.165) is 23.0 Å². The smallest absolute Gasteiger partial charge is 0.234 e. The lowest BCUT2D eigenvalue weighted by atomic mass is 9.95. The summed E-state index contributed by atoms with van der Waals surface area (Å²) in [4.78, 5) is 13.8. The molecule has 5 heteroatoms. The van der Waals surface area contributed by atoms with Gasteiger partial charge in [0.15, 0.2) is 0 Å². The molecule has 1 fully saturated rings. The van der Waals surface area contributed by atoms with Gasteiger partial charge in [0.2, 0.25) is 5.91 Å². The van der Waals surface area contributed by atoms with Crippen molar-refractivity contribution >= 4 is 21.8 Å². The summed E-state index contributed by atoms with van der Waals surface area (Å²) in [6, 6.07) is 8.20. The van der Waals surface area contributed by atoms with E-state index in [4.69, 9.17) is 5.73 Å². The lowest BCUT2D eigenvalue weighted by Gasteiger charge is -2.38. The number of carbonyl (C=O) groups excluding carboxylic acids is 1. The Morgan fingerprint density at radius 1 is 1.47 bits per heavy atom. The van der Waals surface area contributed by atoms with Crippen molar-refractivity contribution in [3.8, 4) is 0 Å². The molecular weight excluding hydrogens is 306 g/mol. The summed E-state index contributed by atoms with van der Waals surface area (Å²) >= 11 is 3.59. The second-order valence-corrected chi connectivity index (χ2v) is 5.71. The number of nitrogens with one attached hydrogen (secondary N) is 1. The molecule has 2 atom stereocenters. The van der Waals surface area contributed by atoms with E-state index in [1.165, 1.54) is 0 Å². The summed E-state index contributed by atoms with van der Waals surface area (Å²) in [6.07, 6.45) is 0.879. The highest BCUT2D eigenvalue weighted by Gasteiger charge is 2.30.